The first-order chi connectivity index (χ1) is 14.9. The molecule has 158 valence electrons. The van der Waals surface area contributed by atoms with E-state index in [2.05, 4.69) is 4.98 Å². The SMILES string of the molecule is NC(=O)c1ncccc1CN(C(=O)c1ccccc1Cl)[C@@H]1CCc2c(F)cc(Cl)cc21. The molecule has 0 aliphatic heterocycles. The van der Waals surface area contributed by atoms with E-state index in [0.29, 0.717) is 40.1 Å². The first-order valence-corrected chi connectivity index (χ1v) is 10.4. The molecule has 1 aliphatic rings. The Morgan fingerprint density at radius 1 is 1.16 bits per heavy atom. The third-order valence-electron chi connectivity index (χ3n) is 5.43. The Labute approximate surface area is 188 Å². The van der Waals surface area contributed by atoms with Gasteiger partial charge in [0.25, 0.3) is 11.8 Å². The minimum atomic E-state index is -0.693. The fraction of sp³-hybridized carbons (Fsp3) is 0.174. The monoisotopic (exact) mass is 457 g/mol. The molecule has 5 nitrogen and oxygen atoms in total. The van der Waals surface area contributed by atoms with Crippen molar-refractivity contribution in [2.45, 2.75) is 25.4 Å². The molecule has 0 fully saturated rings. The number of benzene rings is 2. The lowest BCUT2D eigenvalue weighted by atomic mass is 10.0. The third kappa shape index (κ3) is 4.13. The second-order valence-corrected chi connectivity index (χ2v) is 8.14. The second kappa shape index (κ2) is 8.65. The maximum absolute atomic E-state index is 14.5. The molecule has 0 unspecified atom stereocenters. The number of aromatic nitrogens is 1. The molecule has 0 radical (unpaired) electrons. The molecule has 1 heterocycles. The van der Waals surface area contributed by atoms with Gasteiger partial charge in [-0.2, -0.15) is 0 Å². The summed E-state index contributed by atoms with van der Waals surface area (Å²) in [7, 11) is 0. The normalized spacial score (nSPS) is 14.9. The van der Waals surface area contributed by atoms with Crippen LogP contribution in [0.5, 0.6) is 0 Å². The predicted octanol–water partition coefficient (Wildman–Crippen LogP) is 4.96. The highest BCUT2D eigenvalue weighted by Crippen LogP contribution is 2.40. The summed E-state index contributed by atoms with van der Waals surface area (Å²) < 4.78 is 14.5. The van der Waals surface area contributed by atoms with Crippen LogP contribution in [0.25, 0.3) is 0 Å². The lowest BCUT2D eigenvalue weighted by Crippen LogP contribution is -2.34. The average Bonchev–Trinajstić information content (AvgIpc) is 3.16. The Kier molecular flexibility index (Phi) is 5.94. The van der Waals surface area contributed by atoms with E-state index in [1.807, 2.05) is 0 Å². The van der Waals surface area contributed by atoms with Gasteiger partial charge in [0.1, 0.15) is 11.5 Å². The number of nitrogens with two attached hydrogens (primary N) is 1. The second-order valence-electron chi connectivity index (χ2n) is 7.30. The zero-order valence-electron chi connectivity index (χ0n) is 16.3. The Bertz CT molecular complexity index is 1190. The van der Waals surface area contributed by atoms with Crippen molar-refractivity contribution in [1.82, 2.24) is 9.88 Å². The Balaban J connectivity index is 1.81. The number of hydrogen-bond donors (Lipinski definition) is 1. The maximum atomic E-state index is 14.5. The average molecular weight is 458 g/mol. The quantitative estimate of drug-likeness (QED) is 0.588. The number of carbonyl (C=O) groups is 2. The summed E-state index contributed by atoms with van der Waals surface area (Å²) >= 11 is 12.4. The number of pyridine rings is 1. The van der Waals surface area contributed by atoms with Gasteiger partial charge in [-0.15, -0.1) is 0 Å². The van der Waals surface area contributed by atoms with E-state index in [0.717, 1.165) is 0 Å². The number of nitrogens with zero attached hydrogens (tertiary/aromatic N) is 2. The van der Waals surface area contributed by atoms with Gasteiger partial charge in [0.2, 0.25) is 0 Å². The molecule has 1 atom stereocenters. The van der Waals surface area contributed by atoms with E-state index in [9.17, 15) is 14.0 Å². The molecule has 2 aromatic carbocycles. The molecule has 0 bridgehead atoms. The van der Waals surface area contributed by atoms with E-state index in [1.54, 1.807) is 47.4 Å². The molecule has 0 spiro atoms. The number of carbonyl (C=O) groups excluding carboxylic acids is 2. The number of halogens is 3. The predicted molar refractivity (Wildman–Crippen MR) is 117 cm³/mol. The van der Waals surface area contributed by atoms with Crippen molar-refractivity contribution < 1.29 is 14.0 Å². The first kappa shape index (κ1) is 21.3. The van der Waals surface area contributed by atoms with Crippen LogP contribution < -0.4 is 5.73 Å². The number of hydrogen-bond acceptors (Lipinski definition) is 3. The standard InChI is InChI=1S/C23H18Cl2FN3O2/c24-14-10-17-15(19(26)11-14)7-8-20(17)29(23(31)16-5-1-2-6-18(16)25)12-13-4-3-9-28-21(13)22(27)30/h1-6,9-11,20H,7-8,12H2,(H2,27,30)/t20-/m1/s1. The summed E-state index contributed by atoms with van der Waals surface area (Å²) in [5.74, 6) is -1.43. The van der Waals surface area contributed by atoms with Crippen molar-refractivity contribution in [3.8, 4) is 0 Å². The number of rotatable bonds is 5. The van der Waals surface area contributed by atoms with Gasteiger partial charge in [0, 0.05) is 23.3 Å². The molecule has 0 saturated heterocycles. The lowest BCUT2D eigenvalue weighted by Gasteiger charge is -2.31. The number of primary amides is 1. The van der Waals surface area contributed by atoms with E-state index in [4.69, 9.17) is 28.9 Å². The zero-order chi connectivity index (χ0) is 22.1. The van der Waals surface area contributed by atoms with E-state index < -0.39 is 17.8 Å². The summed E-state index contributed by atoms with van der Waals surface area (Å²) in [6.07, 6.45) is 2.43. The minimum Gasteiger partial charge on any atom is -0.364 e. The van der Waals surface area contributed by atoms with Crippen LogP contribution in [0.2, 0.25) is 10.0 Å². The molecule has 8 heteroatoms. The van der Waals surface area contributed by atoms with Crippen molar-refractivity contribution in [1.29, 1.82) is 0 Å². The van der Waals surface area contributed by atoms with Gasteiger partial charge in [-0.1, -0.05) is 41.4 Å². The Morgan fingerprint density at radius 3 is 2.68 bits per heavy atom. The molecule has 1 aromatic heterocycles. The first-order valence-electron chi connectivity index (χ1n) is 9.64. The highest BCUT2D eigenvalue weighted by molar-refractivity contribution is 6.33. The largest absolute Gasteiger partial charge is 0.364 e. The smallest absolute Gasteiger partial charge is 0.267 e. The van der Waals surface area contributed by atoms with Crippen molar-refractivity contribution in [2.75, 3.05) is 0 Å². The summed E-state index contributed by atoms with van der Waals surface area (Å²) in [4.78, 5) is 31.1. The highest BCUT2D eigenvalue weighted by atomic mass is 35.5. The highest BCUT2D eigenvalue weighted by Gasteiger charge is 2.34. The third-order valence-corrected chi connectivity index (χ3v) is 5.98. The van der Waals surface area contributed by atoms with E-state index >= 15 is 0 Å². The topological polar surface area (TPSA) is 76.3 Å². The molecule has 2 amide bonds. The summed E-state index contributed by atoms with van der Waals surface area (Å²) in [5, 5.41) is 0.557. The number of amides is 2. The summed E-state index contributed by atoms with van der Waals surface area (Å²) in [5.41, 5.74) is 7.54. The molecule has 2 N–H and O–H groups in total. The van der Waals surface area contributed by atoms with Gasteiger partial charge in [0.15, 0.2) is 0 Å². The van der Waals surface area contributed by atoms with Crippen LogP contribution in [0.3, 0.4) is 0 Å². The van der Waals surface area contributed by atoms with Crippen molar-refractivity contribution in [2.24, 2.45) is 5.73 Å². The van der Waals surface area contributed by atoms with Crippen LogP contribution in [0, 0.1) is 5.82 Å². The summed E-state index contributed by atoms with van der Waals surface area (Å²) in [6.45, 7) is 0.0500. The molecule has 0 saturated carbocycles. The van der Waals surface area contributed by atoms with Gasteiger partial charge < -0.3 is 10.6 Å². The molecule has 4 rings (SSSR count). The van der Waals surface area contributed by atoms with E-state index in [1.165, 1.54) is 12.3 Å². The van der Waals surface area contributed by atoms with Crippen LogP contribution in [0.15, 0.2) is 54.7 Å². The fourth-order valence-corrected chi connectivity index (χ4v) is 4.46. The Hall–Kier alpha value is -2.96. The van der Waals surface area contributed by atoms with Crippen molar-refractivity contribution in [3.05, 3.63) is 98.5 Å². The maximum Gasteiger partial charge on any atom is 0.267 e. The van der Waals surface area contributed by atoms with Crippen LogP contribution in [0.4, 0.5) is 4.39 Å². The summed E-state index contributed by atoms with van der Waals surface area (Å²) in [6, 6.07) is 12.6. The van der Waals surface area contributed by atoms with Gasteiger partial charge in [0.05, 0.1) is 16.6 Å². The molecule has 1 aliphatic carbocycles. The van der Waals surface area contributed by atoms with Crippen LogP contribution in [-0.4, -0.2) is 21.7 Å². The van der Waals surface area contributed by atoms with Gasteiger partial charge in [-0.25, -0.2) is 4.39 Å². The van der Waals surface area contributed by atoms with Gasteiger partial charge >= 0.3 is 0 Å². The molecule has 3 aromatic rings. The van der Waals surface area contributed by atoms with E-state index in [-0.39, 0.29) is 23.2 Å². The van der Waals surface area contributed by atoms with Crippen molar-refractivity contribution >= 4 is 35.0 Å². The van der Waals surface area contributed by atoms with Gasteiger partial charge in [-0.3, -0.25) is 14.6 Å². The molecular formula is C23H18Cl2FN3O2. The molecule has 31 heavy (non-hydrogen) atoms. The van der Waals surface area contributed by atoms with Crippen LogP contribution >= 0.6 is 23.2 Å². The van der Waals surface area contributed by atoms with Crippen LogP contribution in [-0.2, 0) is 13.0 Å². The van der Waals surface area contributed by atoms with Crippen molar-refractivity contribution in [3.63, 3.8) is 0 Å². The number of fused-ring (bicyclic) bond motifs is 1. The minimum absolute atomic E-state index is 0.0500. The molecular weight excluding hydrogens is 440 g/mol. The lowest BCUT2D eigenvalue weighted by molar-refractivity contribution is 0.0656. The van der Waals surface area contributed by atoms with Gasteiger partial charge in [-0.05, 0) is 54.3 Å². The fourth-order valence-electron chi connectivity index (χ4n) is 4.03. The Morgan fingerprint density at radius 2 is 1.94 bits per heavy atom. The van der Waals surface area contributed by atoms with Crippen LogP contribution in [0.1, 0.15) is 50.0 Å². The zero-order valence-corrected chi connectivity index (χ0v) is 17.8.